The third-order valence-corrected chi connectivity index (χ3v) is 7.57. The van der Waals surface area contributed by atoms with E-state index in [0.29, 0.717) is 0 Å². The van der Waals surface area contributed by atoms with Crippen LogP contribution in [0.15, 0.2) is 0 Å². The first-order valence-corrected chi connectivity index (χ1v) is 15.3. The van der Waals surface area contributed by atoms with E-state index < -0.39 is 9.28 Å². The molecule has 0 aromatic heterocycles. The van der Waals surface area contributed by atoms with Crippen molar-refractivity contribution in [2.75, 3.05) is 13.2 Å². The lowest BCUT2D eigenvalue weighted by Crippen LogP contribution is -2.21. The molecule has 3 heteroatoms. The van der Waals surface area contributed by atoms with E-state index in [-0.39, 0.29) is 0 Å². The molecule has 0 rings (SSSR count). The molecule has 0 saturated carbocycles. The van der Waals surface area contributed by atoms with Gasteiger partial charge in [-0.3, -0.25) is 0 Å². The Labute approximate surface area is 187 Å². The van der Waals surface area contributed by atoms with E-state index in [1.807, 2.05) is 13.8 Å². The van der Waals surface area contributed by atoms with Gasteiger partial charge in [-0.2, -0.15) is 0 Å². The summed E-state index contributed by atoms with van der Waals surface area (Å²) in [7, 11) is -1.21. The summed E-state index contributed by atoms with van der Waals surface area (Å²) in [6.07, 6.45) is 26.4. The second-order valence-electron chi connectivity index (χ2n) is 8.41. The highest BCUT2D eigenvalue weighted by Gasteiger charge is 2.06. The Morgan fingerprint density at radius 2 is 0.621 bits per heavy atom. The summed E-state index contributed by atoms with van der Waals surface area (Å²) >= 11 is 0. The molecule has 29 heavy (non-hydrogen) atoms. The van der Waals surface area contributed by atoms with E-state index >= 15 is 0 Å². The molecule has 0 spiro atoms. The van der Waals surface area contributed by atoms with E-state index in [1.165, 1.54) is 116 Å². The molecule has 0 atom stereocenters. The lowest BCUT2D eigenvalue weighted by molar-refractivity contribution is 0.214. The summed E-state index contributed by atoms with van der Waals surface area (Å²) in [6.45, 7) is 12.3. The first-order valence-electron chi connectivity index (χ1n) is 13.5. The van der Waals surface area contributed by atoms with Crippen LogP contribution in [0.2, 0.25) is 6.04 Å². The van der Waals surface area contributed by atoms with Crippen LogP contribution in [0.1, 0.15) is 150 Å². The van der Waals surface area contributed by atoms with Crippen LogP contribution in [-0.4, -0.2) is 22.5 Å². The Balaban J connectivity index is 0. The molecule has 0 aromatic rings. The van der Waals surface area contributed by atoms with Gasteiger partial charge in [0.15, 0.2) is 0 Å². The maximum atomic E-state index is 5.35. The third-order valence-electron chi connectivity index (χ3n) is 5.50. The van der Waals surface area contributed by atoms with Crippen molar-refractivity contribution >= 4 is 9.28 Å². The van der Waals surface area contributed by atoms with E-state index in [2.05, 4.69) is 20.8 Å². The molecule has 0 amide bonds. The molecule has 0 aliphatic heterocycles. The number of hydrogen-bond donors (Lipinski definition) is 0. The van der Waals surface area contributed by atoms with Crippen molar-refractivity contribution in [2.24, 2.45) is 0 Å². The van der Waals surface area contributed by atoms with E-state index in [0.717, 1.165) is 19.3 Å². The monoisotopic (exact) mass is 430 g/mol. The topological polar surface area (TPSA) is 18.5 Å². The lowest BCUT2D eigenvalue weighted by Gasteiger charge is -2.11. The molecule has 0 radical (unpaired) electrons. The maximum Gasteiger partial charge on any atom is 0.321 e. The van der Waals surface area contributed by atoms with Gasteiger partial charge in [0.25, 0.3) is 0 Å². The molecule has 0 aliphatic carbocycles. The fourth-order valence-electron chi connectivity index (χ4n) is 3.63. The van der Waals surface area contributed by atoms with Gasteiger partial charge in [-0.25, -0.2) is 0 Å². The zero-order valence-electron chi connectivity index (χ0n) is 21.2. The van der Waals surface area contributed by atoms with E-state index in [9.17, 15) is 0 Å². The normalized spacial score (nSPS) is 11.0. The summed E-state index contributed by atoms with van der Waals surface area (Å²) < 4.78 is 10.7. The first kappa shape index (κ1) is 31.3. The Morgan fingerprint density at radius 3 is 0.793 bits per heavy atom. The Kier molecular flexibility index (Phi) is 32.8. The first-order chi connectivity index (χ1) is 14.3. The van der Waals surface area contributed by atoms with Crippen molar-refractivity contribution in [3.8, 4) is 0 Å². The van der Waals surface area contributed by atoms with Crippen LogP contribution in [0.5, 0.6) is 0 Å². The summed E-state index contributed by atoms with van der Waals surface area (Å²) in [4.78, 5) is 0. The summed E-state index contributed by atoms with van der Waals surface area (Å²) in [5.41, 5.74) is 0. The molecule has 2 nitrogen and oxygen atoms in total. The predicted octanol–water partition coefficient (Wildman–Crippen LogP) is 9.35. The van der Waals surface area contributed by atoms with Crippen molar-refractivity contribution in [3.05, 3.63) is 0 Å². The van der Waals surface area contributed by atoms with E-state index in [4.69, 9.17) is 8.85 Å². The largest absolute Gasteiger partial charge is 0.397 e. The number of rotatable bonds is 22. The van der Waals surface area contributed by atoms with Crippen molar-refractivity contribution in [1.29, 1.82) is 0 Å². The van der Waals surface area contributed by atoms with Crippen LogP contribution in [0.25, 0.3) is 0 Å². The highest BCUT2D eigenvalue weighted by molar-refractivity contribution is 6.44. The molecule has 0 N–H and O–H groups in total. The molecule has 178 valence electrons. The van der Waals surface area contributed by atoms with Crippen LogP contribution >= 0.6 is 0 Å². The van der Waals surface area contributed by atoms with Crippen molar-refractivity contribution in [1.82, 2.24) is 0 Å². The average Bonchev–Trinajstić information content (AvgIpc) is 2.74. The molecule has 0 bridgehead atoms. The van der Waals surface area contributed by atoms with Crippen LogP contribution < -0.4 is 0 Å². The highest BCUT2D eigenvalue weighted by atomic mass is 28.3. The zero-order valence-corrected chi connectivity index (χ0v) is 22.4. The van der Waals surface area contributed by atoms with Gasteiger partial charge in [-0.15, -0.1) is 0 Å². The third kappa shape index (κ3) is 30.4. The second kappa shape index (κ2) is 30.3. The van der Waals surface area contributed by atoms with Gasteiger partial charge >= 0.3 is 9.28 Å². The van der Waals surface area contributed by atoms with Crippen molar-refractivity contribution in [3.63, 3.8) is 0 Å². The molecule has 0 aliphatic rings. The van der Waals surface area contributed by atoms with Crippen molar-refractivity contribution < 1.29 is 8.85 Å². The molecule has 0 aromatic carbocycles. The molecule has 0 saturated heterocycles. The number of hydrogen-bond acceptors (Lipinski definition) is 2. The Morgan fingerprint density at radius 1 is 0.379 bits per heavy atom. The minimum Gasteiger partial charge on any atom is -0.397 e. The van der Waals surface area contributed by atoms with Crippen LogP contribution in [-0.2, 0) is 8.85 Å². The van der Waals surface area contributed by atoms with Gasteiger partial charge in [-0.1, -0.05) is 136 Å². The van der Waals surface area contributed by atoms with Gasteiger partial charge < -0.3 is 8.85 Å². The SMILES string of the molecule is CCCCCCCCCCCCCCCCCCCC.CCO[SiH](CC)OCC. The minimum atomic E-state index is -1.21. The fourth-order valence-corrected chi connectivity index (χ4v) is 4.94. The van der Waals surface area contributed by atoms with E-state index in [1.54, 1.807) is 0 Å². The molecule has 0 fully saturated rings. The second-order valence-corrected chi connectivity index (χ2v) is 10.7. The quantitative estimate of drug-likeness (QED) is 0.126. The maximum absolute atomic E-state index is 5.35. The van der Waals surface area contributed by atoms with Gasteiger partial charge in [0.05, 0.1) is 0 Å². The summed E-state index contributed by atoms with van der Waals surface area (Å²) in [5.74, 6) is 0. The van der Waals surface area contributed by atoms with Crippen LogP contribution in [0, 0.1) is 0 Å². The van der Waals surface area contributed by atoms with Crippen LogP contribution in [0.4, 0.5) is 0 Å². The fraction of sp³-hybridized carbons (Fsp3) is 1.00. The smallest absolute Gasteiger partial charge is 0.321 e. The molecule has 0 heterocycles. The van der Waals surface area contributed by atoms with Crippen molar-refractivity contribution in [2.45, 2.75) is 156 Å². The van der Waals surface area contributed by atoms with Gasteiger partial charge in [0.1, 0.15) is 0 Å². The van der Waals surface area contributed by atoms with Gasteiger partial charge in [0.2, 0.25) is 0 Å². The van der Waals surface area contributed by atoms with Gasteiger partial charge in [0, 0.05) is 13.2 Å². The predicted molar refractivity (Wildman–Crippen MR) is 135 cm³/mol. The standard InChI is InChI=1S/C20H42.C6H16O2Si/c1-3-5-7-9-11-13-15-17-19-20-18-16-14-12-10-8-6-4-2;1-4-7-9(6-3)8-5-2/h3-20H2,1-2H3;9H,4-6H2,1-3H3. The molecular formula is C26H58O2Si. The number of unbranched alkanes of at least 4 members (excludes halogenated alkanes) is 17. The Bertz CT molecular complexity index is 237. The van der Waals surface area contributed by atoms with Gasteiger partial charge in [-0.05, 0) is 19.9 Å². The molecular weight excluding hydrogens is 372 g/mol. The minimum absolute atomic E-state index is 0.796. The Hall–Kier alpha value is 0.137. The highest BCUT2D eigenvalue weighted by Crippen LogP contribution is 2.14. The summed E-state index contributed by atoms with van der Waals surface area (Å²) in [6, 6.07) is 1.07. The molecule has 0 unspecified atom stereocenters. The lowest BCUT2D eigenvalue weighted by atomic mass is 10.0. The van der Waals surface area contributed by atoms with Crippen LogP contribution in [0.3, 0.4) is 0 Å². The zero-order chi connectivity index (χ0) is 21.8. The average molecular weight is 431 g/mol. The summed E-state index contributed by atoms with van der Waals surface area (Å²) in [5, 5.41) is 0.